The van der Waals surface area contributed by atoms with Crippen molar-refractivity contribution in [1.29, 1.82) is 5.26 Å². The molecular weight excluding hydrogens is 387 g/mol. The number of ether oxygens (including phenoxy) is 2. The summed E-state index contributed by atoms with van der Waals surface area (Å²) in [4.78, 5) is 25.5. The maximum absolute atomic E-state index is 14.0. The molecule has 0 aliphatic heterocycles. The maximum atomic E-state index is 14.0. The number of rotatable bonds is 8. The molecule has 0 aromatic heterocycles. The van der Waals surface area contributed by atoms with Gasteiger partial charge in [0, 0.05) is 6.54 Å². The molecule has 0 spiro atoms. The van der Waals surface area contributed by atoms with Crippen LogP contribution in [0.1, 0.15) is 6.42 Å². The first-order valence-electron chi connectivity index (χ1n) is 9.27. The molecule has 3 rings (SSSR count). The molecule has 0 heterocycles. The Morgan fingerprint density at radius 1 is 0.967 bits per heavy atom. The van der Waals surface area contributed by atoms with Gasteiger partial charge in [-0.15, -0.1) is 0 Å². The van der Waals surface area contributed by atoms with Crippen LogP contribution in [0, 0.1) is 17.1 Å². The van der Waals surface area contributed by atoms with E-state index in [1.807, 2.05) is 36.4 Å². The lowest BCUT2D eigenvalue weighted by molar-refractivity contribution is -0.149. The SMILES string of the molecule is N#CCCN(C(=O)COC(=O)COc1ccc2ccccc2c1)c1ccccc1F. The van der Waals surface area contributed by atoms with E-state index in [9.17, 15) is 14.0 Å². The van der Waals surface area contributed by atoms with Crippen molar-refractivity contribution in [2.75, 3.05) is 24.7 Å². The van der Waals surface area contributed by atoms with Crippen LogP contribution in [0.5, 0.6) is 5.75 Å². The number of hydrogen-bond donors (Lipinski definition) is 0. The van der Waals surface area contributed by atoms with E-state index in [0.29, 0.717) is 5.75 Å². The number of nitrogens with zero attached hydrogens (tertiary/aromatic N) is 2. The number of para-hydroxylation sites is 1. The van der Waals surface area contributed by atoms with Gasteiger partial charge in [0.15, 0.2) is 13.2 Å². The summed E-state index contributed by atoms with van der Waals surface area (Å²) in [7, 11) is 0. The second kappa shape index (κ2) is 10.0. The minimum atomic E-state index is -0.731. The van der Waals surface area contributed by atoms with Crippen molar-refractivity contribution in [3.63, 3.8) is 0 Å². The van der Waals surface area contributed by atoms with E-state index < -0.39 is 24.3 Å². The van der Waals surface area contributed by atoms with Crippen LogP contribution >= 0.6 is 0 Å². The number of benzene rings is 3. The van der Waals surface area contributed by atoms with Crippen molar-refractivity contribution in [1.82, 2.24) is 0 Å². The molecule has 0 radical (unpaired) electrons. The van der Waals surface area contributed by atoms with Gasteiger partial charge in [-0.25, -0.2) is 9.18 Å². The lowest BCUT2D eigenvalue weighted by Gasteiger charge is -2.22. The smallest absolute Gasteiger partial charge is 0.344 e. The maximum Gasteiger partial charge on any atom is 0.344 e. The van der Waals surface area contributed by atoms with Crippen molar-refractivity contribution >= 4 is 28.3 Å². The van der Waals surface area contributed by atoms with Gasteiger partial charge in [0.1, 0.15) is 11.6 Å². The van der Waals surface area contributed by atoms with E-state index in [0.717, 1.165) is 15.7 Å². The number of esters is 1. The number of anilines is 1. The van der Waals surface area contributed by atoms with Crippen LogP contribution in [-0.4, -0.2) is 31.6 Å². The minimum Gasteiger partial charge on any atom is -0.482 e. The van der Waals surface area contributed by atoms with Gasteiger partial charge in [0.2, 0.25) is 0 Å². The molecule has 0 fully saturated rings. The summed E-state index contributed by atoms with van der Waals surface area (Å²) < 4.78 is 24.5. The fraction of sp³-hybridized carbons (Fsp3) is 0.174. The summed E-state index contributed by atoms with van der Waals surface area (Å²) in [5.74, 6) is -1.46. The molecule has 0 aliphatic carbocycles. The Kier molecular flexibility index (Phi) is 6.95. The summed E-state index contributed by atoms with van der Waals surface area (Å²) in [6, 6.07) is 20.8. The van der Waals surface area contributed by atoms with Crippen LogP contribution < -0.4 is 9.64 Å². The van der Waals surface area contributed by atoms with Crippen LogP contribution in [0.4, 0.5) is 10.1 Å². The highest BCUT2D eigenvalue weighted by atomic mass is 19.1. The first-order chi connectivity index (χ1) is 14.6. The van der Waals surface area contributed by atoms with Crippen LogP contribution in [0.3, 0.4) is 0 Å². The normalized spacial score (nSPS) is 10.3. The number of amides is 1. The molecule has 0 bridgehead atoms. The number of carbonyl (C=O) groups is 2. The lowest BCUT2D eigenvalue weighted by Crippen LogP contribution is -2.36. The van der Waals surface area contributed by atoms with Gasteiger partial charge in [0.05, 0.1) is 18.2 Å². The highest BCUT2D eigenvalue weighted by Gasteiger charge is 2.20. The van der Waals surface area contributed by atoms with E-state index in [2.05, 4.69) is 0 Å². The van der Waals surface area contributed by atoms with Gasteiger partial charge in [-0.1, -0.05) is 42.5 Å². The number of halogens is 1. The fourth-order valence-corrected chi connectivity index (χ4v) is 2.87. The Balaban J connectivity index is 1.56. The van der Waals surface area contributed by atoms with Crippen molar-refractivity contribution in [3.8, 4) is 11.8 Å². The van der Waals surface area contributed by atoms with Gasteiger partial charge < -0.3 is 14.4 Å². The average molecular weight is 406 g/mol. The van der Waals surface area contributed by atoms with Gasteiger partial charge >= 0.3 is 5.97 Å². The molecule has 3 aromatic carbocycles. The Bertz CT molecular complexity index is 1090. The summed E-state index contributed by atoms with van der Waals surface area (Å²) in [5.41, 5.74) is 0.0289. The molecular formula is C23H19FN2O4. The van der Waals surface area contributed by atoms with Crippen molar-refractivity contribution in [3.05, 3.63) is 72.5 Å². The second-order valence-corrected chi connectivity index (χ2v) is 6.36. The molecule has 0 aliphatic rings. The average Bonchev–Trinajstić information content (AvgIpc) is 2.77. The van der Waals surface area contributed by atoms with Crippen LogP contribution in [0.2, 0.25) is 0 Å². The molecule has 6 nitrogen and oxygen atoms in total. The third kappa shape index (κ3) is 5.32. The largest absolute Gasteiger partial charge is 0.482 e. The number of fused-ring (bicyclic) bond motifs is 1. The molecule has 0 unspecified atom stereocenters. The van der Waals surface area contributed by atoms with Crippen molar-refractivity contribution < 1.29 is 23.5 Å². The van der Waals surface area contributed by atoms with Crippen LogP contribution in [0.15, 0.2) is 66.7 Å². The monoisotopic (exact) mass is 406 g/mol. The van der Waals surface area contributed by atoms with Crippen LogP contribution in [-0.2, 0) is 14.3 Å². The van der Waals surface area contributed by atoms with E-state index in [1.54, 1.807) is 18.2 Å². The predicted molar refractivity (Wildman–Crippen MR) is 109 cm³/mol. The minimum absolute atomic E-state index is 0.0125. The number of nitriles is 1. The highest BCUT2D eigenvalue weighted by molar-refractivity contribution is 5.95. The second-order valence-electron chi connectivity index (χ2n) is 6.36. The molecule has 7 heteroatoms. The lowest BCUT2D eigenvalue weighted by atomic mass is 10.1. The summed E-state index contributed by atoms with van der Waals surface area (Å²) in [6.45, 7) is -0.968. The van der Waals surface area contributed by atoms with Crippen molar-refractivity contribution in [2.24, 2.45) is 0 Å². The third-order valence-electron chi connectivity index (χ3n) is 4.33. The zero-order valence-electron chi connectivity index (χ0n) is 16.1. The summed E-state index contributed by atoms with van der Waals surface area (Å²) >= 11 is 0. The zero-order chi connectivity index (χ0) is 21.3. The van der Waals surface area contributed by atoms with Crippen molar-refractivity contribution in [2.45, 2.75) is 6.42 Å². The first kappa shape index (κ1) is 20.8. The number of carbonyl (C=O) groups excluding carboxylic acids is 2. The number of hydrogen-bond acceptors (Lipinski definition) is 5. The van der Waals surface area contributed by atoms with Gasteiger partial charge in [-0.05, 0) is 35.0 Å². The Hall–Kier alpha value is -3.92. The Morgan fingerprint density at radius 3 is 2.47 bits per heavy atom. The zero-order valence-corrected chi connectivity index (χ0v) is 16.1. The quantitative estimate of drug-likeness (QED) is 0.531. The van der Waals surface area contributed by atoms with Gasteiger partial charge in [0.25, 0.3) is 5.91 Å². The van der Waals surface area contributed by atoms with Gasteiger partial charge in [-0.3, -0.25) is 4.79 Å². The fourth-order valence-electron chi connectivity index (χ4n) is 2.87. The molecule has 3 aromatic rings. The standard InChI is InChI=1S/C23H19FN2O4/c24-20-8-3-4-9-21(20)26(13-5-12-25)22(27)15-30-23(28)16-29-19-11-10-17-6-1-2-7-18(17)14-19/h1-4,6-11,14H,5,13,15-16H2. The van der Waals surface area contributed by atoms with E-state index >= 15 is 0 Å². The third-order valence-corrected chi connectivity index (χ3v) is 4.33. The first-order valence-corrected chi connectivity index (χ1v) is 9.27. The molecule has 152 valence electrons. The summed E-state index contributed by atoms with van der Waals surface area (Å²) in [6.07, 6.45) is 0.0130. The highest BCUT2D eigenvalue weighted by Crippen LogP contribution is 2.21. The van der Waals surface area contributed by atoms with Gasteiger partial charge in [-0.2, -0.15) is 5.26 Å². The van der Waals surface area contributed by atoms with E-state index in [4.69, 9.17) is 14.7 Å². The Morgan fingerprint density at radius 2 is 1.70 bits per heavy atom. The molecule has 1 amide bonds. The predicted octanol–water partition coefficient (Wildman–Crippen LogP) is 3.85. The Labute approximate surface area is 173 Å². The topological polar surface area (TPSA) is 79.6 Å². The molecule has 30 heavy (non-hydrogen) atoms. The molecule has 0 N–H and O–H groups in total. The molecule has 0 saturated carbocycles. The molecule has 0 atom stereocenters. The van der Waals surface area contributed by atoms with E-state index in [-0.39, 0.29) is 25.3 Å². The van der Waals surface area contributed by atoms with Crippen LogP contribution in [0.25, 0.3) is 10.8 Å². The summed E-state index contributed by atoms with van der Waals surface area (Å²) in [5, 5.41) is 10.8. The van der Waals surface area contributed by atoms with E-state index in [1.165, 1.54) is 18.2 Å². The molecule has 0 saturated heterocycles.